The molecule has 0 aromatic carbocycles. The Morgan fingerprint density at radius 1 is 1.20 bits per heavy atom. The molecule has 1 fully saturated rings. The van der Waals surface area contributed by atoms with Crippen LogP contribution in [0, 0.1) is 0 Å². The van der Waals surface area contributed by atoms with E-state index in [0.29, 0.717) is 0 Å². The first-order valence-electron chi connectivity index (χ1n) is 5.43. The van der Waals surface area contributed by atoms with Crippen LogP contribution < -0.4 is 11.5 Å². The summed E-state index contributed by atoms with van der Waals surface area (Å²) in [6.45, 7) is 2.05. The summed E-state index contributed by atoms with van der Waals surface area (Å²) in [5.74, 6) is 0.258. The number of rotatable bonds is 1. The first-order chi connectivity index (χ1) is 7.27. The van der Waals surface area contributed by atoms with E-state index in [-0.39, 0.29) is 5.96 Å². The van der Waals surface area contributed by atoms with Crippen molar-refractivity contribution in [3.8, 4) is 0 Å². The number of aliphatic imine (C=N–C) groups is 2. The van der Waals surface area contributed by atoms with E-state index in [0.717, 1.165) is 13.1 Å². The first kappa shape index (κ1) is 10.4. The predicted molar refractivity (Wildman–Crippen MR) is 60.0 cm³/mol. The van der Waals surface area contributed by atoms with Gasteiger partial charge in [-0.15, -0.1) is 0 Å². The van der Waals surface area contributed by atoms with Crippen LogP contribution in [-0.2, 0) is 0 Å². The second-order valence-corrected chi connectivity index (χ2v) is 3.89. The van der Waals surface area contributed by atoms with Crippen LogP contribution in [0.25, 0.3) is 0 Å². The van der Waals surface area contributed by atoms with Crippen LogP contribution in [0.4, 0.5) is 0 Å². The van der Waals surface area contributed by atoms with Gasteiger partial charge < -0.3 is 5.73 Å². The molecular formula is C9H18N6. The van der Waals surface area contributed by atoms with Crippen LogP contribution in [0.3, 0.4) is 0 Å². The van der Waals surface area contributed by atoms with Crippen LogP contribution in [-0.4, -0.2) is 41.7 Å². The van der Waals surface area contributed by atoms with Crippen molar-refractivity contribution in [2.45, 2.75) is 32.0 Å². The van der Waals surface area contributed by atoms with Gasteiger partial charge in [0.1, 0.15) is 6.34 Å². The highest BCUT2D eigenvalue weighted by Crippen LogP contribution is 2.13. The number of nitrogens with zero attached hydrogens (tertiary/aromatic N) is 4. The lowest BCUT2D eigenvalue weighted by atomic mass is 10.2. The SMILES string of the molecule is NC1=NC(N)N(N2CCCCCC2)C=N1. The number of hydrogen-bond acceptors (Lipinski definition) is 6. The first-order valence-corrected chi connectivity index (χ1v) is 5.43. The van der Waals surface area contributed by atoms with Crippen molar-refractivity contribution < 1.29 is 0 Å². The summed E-state index contributed by atoms with van der Waals surface area (Å²) < 4.78 is 0. The highest BCUT2D eigenvalue weighted by Gasteiger charge is 2.22. The van der Waals surface area contributed by atoms with Gasteiger partial charge in [-0.2, -0.15) is 0 Å². The van der Waals surface area contributed by atoms with E-state index in [1.165, 1.54) is 25.7 Å². The van der Waals surface area contributed by atoms with Crippen LogP contribution in [0.1, 0.15) is 25.7 Å². The molecule has 2 rings (SSSR count). The van der Waals surface area contributed by atoms with Crippen molar-refractivity contribution in [2.75, 3.05) is 13.1 Å². The third-order valence-electron chi connectivity index (χ3n) is 2.75. The van der Waals surface area contributed by atoms with Gasteiger partial charge in [-0.05, 0) is 12.8 Å². The fraction of sp³-hybridized carbons (Fsp3) is 0.778. The Morgan fingerprint density at radius 3 is 2.47 bits per heavy atom. The quantitative estimate of drug-likeness (QED) is 0.621. The van der Waals surface area contributed by atoms with Crippen molar-refractivity contribution in [3.05, 3.63) is 0 Å². The summed E-state index contributed by atoms with van der Waals surface area (Å²) in [5, 5.41) is 4.08. The van der Waals surface area contributed by atoms with E-state index in [1.54, 1.807) is 6.34 Å². The van der Waals surface area contributed by atoms with Gasteiger partial charge in [0.15, 0.2) is 6.29 Å². The molecular weight excluding hydrogens is 192 g/mol. The molecule has 0 radical (unpaired) electrons. The molecule has 1 atom stereocenters. The topological polar surface area (TPSA) is 83.2 Å². The van der Waals surface area contributed by atoms with E-state index in [1.807, 2.05) is 5.01 Å². The van der Waals surface area contributed by atoms with Crippen molar-refractivity contribution in [3.63, 3.8) is 0 Å². The zero-order chi connectivity index (χ0) is 10.7. The Labute approximate surface area is 89.6 Å². The van der Waals surface area contributed by atoms with Crippen molar-refractivity contribution >= 4 is 12.3 Å². The van der Waals surface area contributed by atoms with E-state index < -0.39 is 6.29 Å². The van der Waals surface area contributed by atoms with E-state index in [2.05, 4.69) is 15.0 Å². The fourth-order valence-corrected chi connectivity index (χ4v) is 1.94. The molecule has 0 aromatic heterocycles. The van der Waals surface area contributed by atoms with Gasteiger partial charge in [-0.1, -0.05) is 12.8 Å². The highest BCUT2D eigenvalue weighted by atomic mass is 15.7. The smallest absolute Gasteiger partial charge is 0.220 e. The van der Waals surface area contributed by atoms with Gasteiger partial charge in [0.2, 0.25) is 5.96 Å². The maximum Gasteiger partial charge on any atom is 0.220 e. The molecule has 0 spiro atoms. The van der Waals surface area contributed by atoms with E-state index in [4.69, 9.17) is 11.5 Å². The normalized spacial score (nSPS) is 28.7. The Bertz CT molecular complexity index is 266. The Balaban J connectivity index is 2.00. The molecule has 6 nitrogen and oxygen atoms in total. The van der Waals surface area contributed by atoms with Gasteiger partial charge in [0.25, 0.3) is 0 Å². The number of hydrogen-bond donors (Lipinski definition) is 2. The minimum Gasteiger partial charge on any atom is -0.368 e. The molecule has 1 saturated heterocycles. The monoisotopic (exact) mass is 210 g/mol. The predicted octanol–water partition coefficient (Wildman–Crippen LogP) is -0.322. The Kier molecular flexibility index (Phi) is 3.17. The Hall–Kier alpha value is -1.14. The van der Waals surface area contributed by atoms with Gasteiger partial charge in [-0.25, -0.2) is 15.0 Å². The number of guanidine groups is 1. The lowest BCUT2D eigenvalue weighted by Crippen LogP contribution is -2.53. The summed E-state index contributed by atoms with van der Waals surface area (Å²) in [7, 11) is 0. The van der Waals surface area contributed by atoms with Crippen LogP contribution in [0.15, 0.2) is 9.98 Å². The van der Waals surface area contributed by atoms with E-state index >= 15 is 0 Å². The van der Waals surface area contributed by atoms with Gasteiger partial charge in [0.05, 0.1) is 0 Å². The molecule has 2 aliphatic heterocycles. The molecule has 0 bridgehead atoms. The van der Waals surface area contributed by atoms with Gasteiger partial charge in [0, 0.05) is 13.1 Å². The highest BCUT2D eigenvalue weighted by molar-refractivity contribution is 5.87. The van der Waals surface area contributed by atoms with Crippen LogP contribution >= 0.6 is 0 Å². The standard InChI is InChI=1S/C9H18N6/c10-8-12-7-15(9(11)13-8)14-5-3-1-2-4-6-14/h7,9H,1-6,11H2,(H2,10,13). The third-order valence-corrected chi connectivity index (χ3v) is 2.75. The summed E-state index contributed by atoms with van der Waals surface area (Å²) in [5.41, 5.74) is 11.4. The second-order valence-electron chi connectivity index (χ2n) is 3.89. The lowest BCUT2D eigenvalue weighted by Gasteiger charge is -2.36. The molecule has 0 aromatic rings. The molecule has 0 aliphatic carbocycles. The average Bonchev–Trinajstić information content (AvgIpc) is 2.46. The van der Waals surface area contributed by atoms with Crippen LogP contribution in [0.2, 0.25) is 0 Å². The maximum atomic E-state index is 5.88. The molecule has 0 saturated carbocycles. The molecule has 2 aliphatic rings. The lowest BCUT2D eigenvalue weighted by molar-refractivity contribution is 0.0192. The number of nitrogens with two attached hydrogens (primary N) is 2. The van der Waals surface area contributed by atoms with Gasteiger partial charge in [-0.3, -0.25) is 10.7 Å². The minimum atomic E-state index is -0.416. The number of hydrazine groups is 1. The zero-order valence-corrected chi connectivity index (χ0v) is 8.84. The molecule has 84 valence electrons. The second kappa shape index (κ2) is 4.59. The average molecular weight is 210 g/mol. The molecule has 6 heteroatoms. The maximum absolute atomic E-state index is 5.88. The third kappa shape index (κ3) is 2.45. The van der Waals surface area contributed by atoms with E-state index in [9.17, 15) is 0 Å². The summed E-state index contributed by atoms with van der Waals surface area (Å²) in [6.07, 6.45) is 6.26. The fourth-order valence-electron chi connectivity index (χ4n) is 1.94. The summed E-state index contributed by atoms with van der Waals surface area (Å²) in [4.78, 5) is 8.00. The molecule has 4 N–H and O–H groups in total. The van der Waals surface area contributed by atoms with Gasteiger partial charge >= 0.3 is 0 Å². The molecule has 2 heterocycles. The molecule has 1 unspecified atom stereocenters. The van der Waals surface area contributed by atoms with Crippen molar-refractivity contribution in [1.29, 1.82) is 0 Å². The van der Waals surface area contributed by atoms with Crippen molar-refractivity contribution in [2.24, 2.45) is 21.5 Å². The molecule has 15 heavy (non-hydrogen) atoms. The zero-order valence-electron chi connectivity index (χ0n) is 8.84. The molecule has 0 amide bonds. The van der Waals surface area contributed by atoms with Crippen molar-refractivity contribution in [1.82, 2.24) is 10.0 Å². The summed E-state index contributed by atoms with van der Waals surface area (Å²) in [6, 6.07) is 0. The Morgan fingerprint density at radius 2 is 1.87 bits per heavy atom. The summed E-state index contributed by atoms with van der Waals surface area (Å²) >= 11 is 0. The van der Waals surface area contributed by atoms with Crippen LogP contribution in [0.5, 0.6) is 0 Å². The minimum absolute atomic E-state index is 0.258. The largest absolute Gasteiger partial charge is 0.368 e.